The number of β-amino-alcohol motifs (C(OH)–C–C–N with tert-alkyl or cyclic N) is 1. The van der Waals surface area contributed by atoms with Gasteiger partial charge in [-0.3, -0.25) is 9.59 Å². The molecule has 0 aliphatic carbocycles. The topological polar surface area (TPSA) is 122 Å². The summed E-state index contributed by atoms with van der Waals surface area (Å²) < 4.78 is 4.71. The molecule has 8 nitrogen and oxygen atoms in total. The van der Waals surface area contributed by atoms with Crippen LogP contribution >= 0.6 is 0 Å². The molecule has 8 heteroatoms. The number of ether oxygens (including phenoxy) is 1. The van der Waals surface area contributed by atoms with Crippen molar-refractivity contribution in [3.05, 3.63) is 41.1 Å². The lowest BCUT2D eigenvalue weighted by atomic mass is 10.1. The Labute approximate surface area is 138 Å². The van der Waals surface area contributed by atoms with E-state index in [2.05, 4.69) is 5.32 Å². The van der Waals surface area contributed by atoms with E-state index in [9.17, 15) is 14.4 Å². The molecule has 0 radical (unpaired) electrons. The predicted molar refractivity (Wildman–Crippen MR) is 85.7 cm³/mol. The van der Waals surface area contributed by atoms with Crippen LogP contribution in [0.3, 0.4) is 0 Å². The lowest BCUT2D eigenvalue weighted by molar-refractivity contribution is -0.136. The summed E-state index contributed by atoms with van der Waals surface area (Å²) in [6.45, 7) is 0.00546. The zero-order valence-corrected chi connectivity index (χ0v) is 13.2. The van der Waals surface area contributed by atoms with Gasteiger partial charge in [0.15, 0.2) is 0 Å². The minimum atomic E-state index is -0.600. The van der Waals surface area contributed by atoms with Crippen LogP contribution in [0, 0.1) is 0 Å². The van der Waals surface area contributed by atoms with Gasteiger partial charge in [0.1, 0.15) is 5.70 Å². The second-order valence-electron chi connectivity index (χ2n) is 5.26. The maximum atomic E-state index is 12.4. The van der Waals surface area contributed by atoms with Gasteiger partial charge in [0, 0.05) is 12.2 Å². The summed E-state index contributed by atoms with van der Waals surface area (Å²) in [4.78, 5) is 36.5. The average Bonchev–Trinajstić information content (AvgIpc) is 2.85. The fraction of sp³-hybridized carbons (Fsp3) is 0.312. The predicted octanol–water partition coefficient (Wildman–Crippen LogP) is -0.612. The molecule has 0 spiro atoms. The monoisotopic (exact) mass is 333 g/mol. The molecule has 0 bridgehead atoms. The van der Waals surface area contributed by atoms with Crippen molar-refractivity contribution >= 4 is 23.5 Å². The highest BCUT2D eigenvalue weighted by Gasteiger charge is 2.34. The molecule has 1 aliphatic rings. The first-order valence-electron chi connectivity index (χ1n) is 7.32. The smallest absolute Gasteiger partial charge is 0.337 e. The van der Waals surface area contributed by atoms with Gasteiger partial charge in [-0.15, -0.1) is 0 Å². The van der Waals surface area contributed by atoms with Crippen LogP contribution in [-0.2, 0) is 25.5 Å². The molecule has 4 N–H and O–H groups in total. The number of nitrogens with zero attached hydrogens (tertiary/aromatic N) is 1. The van der Waals surface area contributed by atoms with Gasteiger partial charge in [0.2, 0.25) is 5.91 Å². The van der Waals surface area contributed by atoms with Crippen LogP contribution in [0.15, 0.2) is 35.5 Å². The van der Waals surface area contributed by atoms with Gasteiger partial charge >= 0.3 is 5.97 Å². The second-order valence-corrected chi connectivity index (χ2v) is 5.26. The van der Waals surface area contributed by atoms with Crippen molar-refractivity contribution in [3.63, 3.8) is 0 Å². The van der Waals surface area contributed by atoms with E-state index in [0.717, 1.165) is 5.56 Å². The van der Waals surface area contributed by atoms with Crippen LogP contribution in [-0.4, -0.2) is 54.6 Å². The number of hydrogen-bond donors (Lipinski definition) is 3. The maximum Gasteiger partial charge on any atom is 0.337 e. The maximum absolute atomic E-state index is 12.4. The van der Waals surface area contributed by atoms with Crippen LogP contribution in [0.4, 0.5) is 5.69 Å². The lowest BCUT2D eigenvalue weighted by Gasteiger charge is -2.15. The van der Waals surface area contributed by atoms with E-state index in [-0.39, 0.29) is 43.3 Å². The normalized spacial score (nSPS) is 14.1. The summed E-state index contributed by atoms with van der Waals surface area (Å²) in [5.74, 6) is -1.42. The molecule has 1 aromatic carbocycles. The minimum Gasteiger partial charge on any atom is -0.466 e. The van der Waals surface area contributed by atoms with Gasteiger partial charge in [-0.2, -0.15) is 0 Å². The van der Waals surface area contributed by atoms with E-state index in [1.54, 1.807) is 24.3 Å². The number of aliphatic hydroxyl groups is 1. The Kier molecular flexibility index (Phi) is 5.54. The number of methoxy groups -OCH3 is 1. The molecule has 1 aliphatic heterocycles. The third-order valence-electron chi connectivity index (χ3n) is 3.56. The zero-order valence-electron chi connectivity index (χ0n) is 13.2. The highest BCUT2D eigenvalue weighted by Crippen LogP contribution is 2.22. The molecule has 2 amide bonds. The molecule has 0 aromatic heterocycles. The third kappa shape index (κ3) is 3.90. The van der Waals surface area contributed by atoms with E-state index in [4.69, 9.17) is 15.6 Å². The average molecular weight is 333 g/mol. The first-order chi connectivity index (χ1) is 11.5. The number of rotatable bonds is 7. The van der Waals surface area contributed by atoms with Crippen molar-refractivity contribution in [1.29, 1.82) is 0 Å². The number of amides is 2. The summed E-state index contributed by atoms with van der Waals surface area (Å²) in [5.41, 5.74) is 6.80. The first-order valence-corrected chi connectivity index (χ1v) is 7.32. The standard InChI is InChI=1S/C16H19N3O5/c1-24-16(23)12-9-19(6-7-20)15(22)14(12)18-11-4-2-10(3-5-11)8-13(17)21/h2-5,18,20H,6-9H2,1H3,(H2,17,21). The molecule has 2 rings (SSSR count). The van der Waals surface area contributed by atoms with Crippen molar-refractivity contribution < 1.29 is 24.2 Å². The molecule has 0 saturated heterocycles. The van der Waals surface area contributed by atoms with Gasteiger partial charge in [-0.25, -0.2) is 4.79 Å². The number of carbonyl (C=O) groups excluding carboxylic acids is 3. The highest BCUT2D eigenvalue weighted by atomic mass is 16.5. The summed E-state index contributed by atoms with van der Waals surface area (Å²) in [7, 11) is 1.24. The van der Waals surface area contributed by atoms with Gasteiger partial charge in [0.05, 0.1) is 32.3 Å². The van der Waals surface area contributed by atoms with Crippen molar-refractivity contribution in [2.75, 3.05) is 32.1 Å². The van der Waals surface area contributed by atoms with E-state index in [1.165, 1.54) is 12.0 Å². The number of nitrogens with one attached hydrogen (secondary N) is 1. The van der Waals surface area contributed by atoms with Gasteiger partial charge < -0.3 is 25.8 Å². The Hall–Kier alpha value is -2.87. The molecule has 0 saturated carbocycles. The number of benzene rings is 1. The quantitative estimate of drug-likeness (QED) is 0.572. The van der Waals surface area contributed by atoms with Crippen molar-refractivity contribution in [2.45, 2.75) is 6.42 Å². The Morgan fingerprint density at radius 1 is 1.33 bits per heavy atom. The van der Waals surface area contributed by atoms with Crippen molar-refractivity contribution in [2.24, 2.45) is 5.73 Å². The van der Waals surface area contributed by atoms with Gasteiger partial charge in [-0.1, -0.05) is 12.1 Å². The van der Waals surface area contributed by atoms with E-state index >= 15 is 0 Å². The molecular weight excluding hydrogens is 314 g/mol. The molecule has 0 unspecified atom stereocenters. The Morgan fingerprint density at radius 2 is 2.00 bits per heavy atom. The lowest BCUT2D eigenvalue weighted by Crippen LogP contribution is -2.31. The van der Waals surface area contributed by atoms with Crippen LogP contribution in [0.5, 0.6) is 0 Å². The Morgan fingerprint density at radius 3 is 2.54 bits per heavy atom. The molecule has 1 aromatic rings. The van der Waals surface area contributed by atoms with Crippen LogP contribution in [0.1, 0.15) is 5.56 Å². The SMILES string of the molecule is COC(=O)C1=C(Nc2ccc(CC(N)=O)cc2)C(=O)N(CCO)C1. The van der Waals surface area contributed by atoms with Gasteiger partial charge in [-0.05, 0) is 17.7 Å². The largest absolute Gasteiger partial charge is 0.466 e. The summed E-state index contributed by atoms with van der Waals surface area (Å²) >= 11 is 0. The van der Waals surface area contributed by atoms with E-state index in [0.29, 0.717) is 5.69 Å². The molecule has 0 atom stereocenters. The number of primary amides is 1. The van der Waals surface area contributed by atoms with Crippen LogP contribution < -0.4 is 11.1 Å². The Bertz CT molecular complexity index is 681. The summed E-state index contributed by atoms with van der Waals surface area (Å²) in [6, 6.07) is 6.77. The Balaban J connectivity index is 2.21. The summed E-state index contributed by atoms with van der Waals surface area (Å²) in [5, 5.41) is 11.9. The zero-order chi connectivity index (χ0) is 17.7. The second kappa shape index (κ2) is 7.60. The number of esters is 1. The fourth-order valence-electron chi connectivity index (χ4n) is 2.40. The molecule has 1 heterocycles. The number of hydrogen-bond acceptors (Lipinski definition) is 6. The van der Waals surface area contributed by atoms with Crippen LogP contribution in [0.25, 0.3) is 0 Å². The molecule has 24 heavy (non-hydrogen) atoms. The number of carbonyl (C=O) groups is 3. The fourth-order valence-corrected chi connectivity index (χ4v) is 2.40. The number of aliphatic hydroxyl groups excluding tert-OH is 1. The van der Waals surface area contributed by atoms with Crippen LogP contribution in [0.2, 0.25) is 0 Å². The molecule has 128 valence electrons. The highest BCUT2D eigenvalue weighted by molar-refractivity contribution is 6.08. The molecular formula is C16H19N3O5. The van der Waals surface area contributed by atoms with Crippen molar-refractivity contribution in [1.82, 2.24) is 4.90 Å². The summed E-state index contributed by atoms with van der Waals surface area (Å²) in [6.07, 6.45) is 0.125. The van der Waals surface area contributed by atoms with E-state index < -0.39 is 11.9 Å². The minimum absolute atomic E-state index is 0.0775. The molecule has 0 fully saturated rings. The van der Waals surface area contributed by atoms with E-state index in [1.807, 2.05) is 0 Å². The third-order valence-corrected chi connectivity index (χ3v) is 3.56. The number of anilines is 1. The van der Waals surface area contributed by atoms with Crippen molar-refractivity contribution in [3.8, 4) is 0 Å². The first kappa shape index (κ1) is 17.5. The van der Waals surface area contributed by atoms with Gasteiger partial charge in [0.25, 0.3) is 5.91 Å². The number of nitrogens with two attached hydrogens (primary N) is 1.